The number of benzene rings is 1. The van der Waals surface area contributed by atoms with Crippen LogP contribution in [0.15, 0.2) is 12.1 Å². The topological polar surface area (TPSA) is 280 Å². The van der Waals surface area contributed by atoms with E-state index in [1.54, 1.807) is 6.07 Å². The van der Waals surface area contributed by atoms with Crippen molar-refractivity contribution in [2.24, 2.45) is 5.92 Å². The molecule has 226 valence electrons. The summed E-state index contributed by atoms with van der Waals surface area (Å²) in [7, 11) is 2.20. The van der Waals surface area contributed by atoms with Crippen LogP contribution in [-0.4, -0.2) is 131 Å². The average molecular weight is 586 g/mol. The maximum Gasteiger partial charge on any atom is 0.335 e. The number of carboxylic acid groups (broad SMARTS) is 4. The van der Waals surface area contributed by atoms with Crippen LogP contribution in [-0.2, 0) is 35.8 Å². The molecular weight excluding hydrogens is 554 g/mol. The number of aliphatic hydroxyl groups excluding tert-OH is 4. The quantitative estimate of drug-likeness (QED) is 0.165. The Bertz CT molecular complexity index is 1160. The van der Waals surface area contributed by atoms with E-state index < -0.39 is 48.3 Å². The third-order valence-electron chi connectivity index (χ3n) is 8.00. The summed E-state index contributed by atoms with van der Waals surface area (Å²) in [6.45, 7) is 1.00. The van der Waals surface area contributed by atoms with Gasteiger partial charge in [-0.25, -0.2) is 19.2 Å². The van der Waals surface area contributed by atoms with Crippen molar-refractivity contribution in [2.45, 2.75) is 67.7 Å². The Morgan fingerprint density at radius 1 is 0.902 bits per heavy atom. The first-order chi connectivity index (χ1) is 19.1. The summed E-state index contributed by atoms with van der Waals surface area (Å²) in [5, 5.41) is 75.3. The van der Waals surface area contributed by atoms with Gasteiger partial charge in [-0.3, -0.25) is 4.79 Å². The molecule has 0 aromatic heterocycles. The number of carbonyl (C=O) groups excluding carboxylic acids is 1. The van der Waals surface area contributed by atoms with E-state index in [1.165, 1.54) is 5.56 Å². The Labute approximate surface area is 231 Å². The number of hydrogen-bond acceptors (Lipinski definition) is 12. The smallest absolute Gasteiger partial charge is 0.335 e. The summed E-state index contributed by atoms with van der Waals surface area (Å²) in [5.74, 6) is -5.58. The van der Waals surface area contributed by atoms with E-state index in [0.29, 0.717) is 24.1 Å². The Morgan fingerprint density at radius 3 is 1.85 bits per heavy atom. The molecule has 0 amide bonds. The normalized spacial score (nSPS) is 28.1. The van der Waals surface area contributed by atoms with E-state index in [0.717, 1.165) is 31.4 Å². The third-order valence-corrected chi connectivity index (χ3v) is 8.00. The number of phenolic OH excluding ortho intramolecular Hbond substituents is 1. The summed E-state index contributed by atoms with van der Waals surface area (Å²) in [6.07, 6.45) is -5.88. The van der Waals surface area contributed by atoms with Crippen LogP contribution in [0.25, 0.3) is 0 Å². The van der Waals surface area contributed by atoms with Crippen molar-refractivity contribution < 1.29 is 74.7 Å². The molecule has 16 nitrogen and oxygen atoms in total. The van der Waals surface area contributed by atoms with Gasteiger partial charge >= 0.3 is 23.9 Å². The number of aliphatic hydroxyl groups is 4. The zero-order chi connectivity index (χ0) is 31.0. The lowest BCUT2D eigenvalue weighted by molar-refractivity contribution is -0.165. The highest BCUT2D eigenvalue weighted by atomic mass is 16.5. The first-order valence-electron chi connectivity index (χ1n) is 12.4. The van der Waals surface area contributed by atoms with Gasteiger partial charge in [-0.2, -0.15) is 0 Å². The van der Waals surface area contributed by atoms with Crippen molar-refractivity contribution in [1.82, 2.24) is 4.90 Å². The van der Waals surface area contributed by atoms with Gasteiger partial charge in [0.1, 0.15) is 0 Å². The van der Waals surface area contributed by atoms with Gasteiger partial charge in [0.25, 0.3) is 0 Å². The highest BCUT2D eigenvalue weighted by molar-refractivity contribution is 5.89. The van der Waals surface area contributed by atoms with E-state index in [-0.39, 0.29) is 23.1 Å². The van der Waals surface area contributed by atoms with Gasteiger partial charge in [-0.1, -0.05) is 6.07 Å². The highest BCUT2D eigenvalue weighted by Gasteiger charge is 2.65. The number of nitrogens with zero attached hydrogens (tertiary/aromatic N) is 1. The van der Waals surface area contributed by atoms with Crippen molar-refractivity contribution in [3.05, 3.63) is 23.3 Å². The van der Waals surface area contributed by atoms with Crippen molar-refractivity contribution in [3.63, 3.8) is 0 Å². The lowest BCUT2D eigenvalue weighted by Crippen LogP contribution is -2.65. The van der Waals surface area contributed by atoms with E-state index >= 15 is 0 Å². The Balaban J connectivity index is 0.000000197. The van der Waals surface area contributed by atoms with E-state index in [2.05, 4.69) is 11.9 Å². The SMILES string of the molecule is CN1CC[C@]23c4c5ccc(O)c4O[C@H]2C(=O)CC[C@H]3[C@H]1C5.O=C(O)C(O)C(O)C(=O)O.O=C(O)C(O)C(O)C(=O)O. The summed E-state index contributed by atoms with van der Waals surface area (Å²) in [6, 6.07) is 4.26. The zero-order valence-electron chi connectivity index (χ0n) is 21.7. The van der Waals surface area contributed by atoms with Crippen LogP contribution < -0.4 is 4.74 Å². The molecule has 5 rings (SSSR count). The Kier molecular flexibility index (Phi) is 9.24. The van der Waals surface area contributed by atoms with E-state index in [4.69, 9.17) is 45.6 Å². The van der Waals surface area contributed by atoms with Crippen LogP contribution in [0.4, 0.5) is 0 Å². The number of rotatable bonds is 6. The molecule has 1 saturated carbocycles. The fourth-order valence-electron chi connectivity index (χ4n) is 6.06. The minimum absolute atomic E-state index is 0.172. The lowest BCUT2D eigenvalue weighted by atomic mass is 9.52. The number of ketones is 1. The largest absolute Gasteiger partial charge is 0.504 e. The van der Waals surface area contributed by atoms with Crippen LogP contribution >= 0.6 is 0 Å². The molecule has 16 heteroatoms. The highest BCUT2D eigenvalue weighted by Crippen LogP contribution is 2.62. The molecule has 0 radical (unpaired) electrons. The molecule has 1 aromatic carbocycles. The number of likely N-dealkylation sites (tertiary alicyclic amines) is 1. The second kappa shape index (κ2) is 12.0. The molecule has 2 aliphatic heterocycles. The van der Waals surface area contributed by atoms with Crippen molar-refractivity contribution in [3.8, 4) is 11.5 Å². The van der Waals surface area contributed by atoms with Gasteiger partial charge in [-0.15, -0.1) is 0 Å². The van der Waals surface area contributed by atoms with Gasteiger partial charge in [0, 0.05) is 23.4 Å². The maximum atomic E-state index is 12.5. The number of phenols is 1. The summed E-state index contributed by atoms with van der Waals surface area (Å²) < 4.78 is 6.04. The fourth-order valence-corrected chi connectivity index (χ4v) is 6.06. The number of hydrogen-bond donors (Lipinski definition) is 9. The van der Waals surface area contributed by atoms with E-state index in [1.807, 2.05) is 6.07 Å². The first-order valence-corrected chi connectivity index (χ1v) is 12.4. The van der Waals surface area contributed by atoms with Gasteiger partial charge in [0.2, 0.25) is 0 Å². The number of Topliss-reactive ketones (excluding diaryl/α,β-unsaturated/α-hetero) is 1. The predicted octanol–water partition coefficient (Wildman–Crippen LogP) is -2.61. The molecule has 2 bridgehead atoms. The monoisotopic (exact) mass is 585 g/mol. The van der Waals surface area contributed by atoms with Crippen molar-refractivity contribution >= 4 is 29.7 Å². The van der Waals surface area contributed by atoms with Gasteiger partial charge < -0.3 is 55.6 Å². The minimum atomic E-state index is -2.27. The van der Waals surface area contributed by atoms with Gasteiger partial charge in [0.15, 0.2) is 47.8 Å². The maximum absolute atomic E-state index is 12.5. The molecule has 1 aromatic rings. The second-order valence-electron chi connectivity index (χ2n) is 10.2. The Hall–Kier alpha value is -3.83. The molecule has 8 atom stereocenters. The van der Waals surface area contributed by atoms with Crippen LogP contribution in [0.1, 0.15) is 30.4 Å². The van der Waals surface area contributed by atoms with Crippen LogP contribution in [0.3, 0.4) is 0 Å². The average Bonchev–Trinajstić information content (AvgIpc) is 3.28. The molecule has 9 N–H and O–H groups in total. The number of piperidine rings is 1. The number of carbonyl (C=O) groups is 5. The zero-order valence-corrected chi connectivity index (χ0v) is 21.7. The fraction of sp³-hybridized carbons (Fsp3) is 0.560. The molecule has 2 fully saturated rings. The molecule has 1 spiro atoms. The first kappa shape index (κ1) is 31.7. The molecule has 2 aliphatic carbocycles. The number of aromatic hydroxyl groups is 1. The minimum Gasteiger partial charge on any atom is -0.504 e. The number of aliphatic carboxylic acids is 4. The predicted molar refractivity (Wildman–Crippen MR) is 131 cm³/mol. The van der Waals surface area contributed by atoms with Crippen molar-refractivity contribution in [2.75, 3.05) is 13.6 Å². The number of carboxylic acids is 4. The number of likely N-dealkylation sites (N-methyl/N-ethyl adjacent to an activating group) is 1. The van der Waals surface area contributed by atoms with Crippen LogP contribution in [0, 0.1) is 5.92 Å². The van der Waals surface area contributed by atoms with Crippen LogP contribution in [0.2, 0.25) is 0 Å². The molecule has 1 saturated heterocycles. The summed E-state index contributed by atoms with van der Waals surface area (Å²) in [4.78, 5) is 54.0. The second-order valence-corrected chi connectivity index (χ2v) is 10.2. The standard InChI is InChI=1S/C17H19NO3.2C4H6O6/c1-18-7-6-17-10-3-5-13(20)16(17)21-15-12(19)4-2-9(14(15)17)8-11(10)18;2*5-1(3(7)8)2(6)4(9)10/h2,4,10-11,16,19H,3,5-8H2,1H3;2*1-2,5-6H,(H,7,8)(H,9,10)/t10-,11+,16-,17-;;/m0../s1. The van der Waals surface area contributed by atoms with E-state index in [9.17, 15) is 29.1 Å². The molecule has 4 aliphatic rings. The summed E-state index contributed by atoms with van der Waals surface area (Å²) >= 11 is 0. The lowest BCUT2D eigenvalue weighted by Gasteiger charge is -2.57. The third kappa shape index (κ3) is 5.69. The molecular formula is C25H31NO15. The summed E-state index contributed by atoms with van der Waals surface area (Å²) in [5.41, 5.74) is 2.26. The van der Waals surface area contributed by atoms with Gasteiger partial charge in [-0.05, 0) is 50.4 Å². The van der Waals surface area contributed by atoms with Gasteiger partial charge in [0.05, 0.1) is 0 Å². The molecule has 41 heavy (non-hydrogen) atoms. The number of ether oxygens (including phenoxy) is 1. The van der Waals surface area contributed by atoms with Crippen molar-refractivity contribution in [1.29, 1.82) is 0 Å². The Morgan fingerprint density at radius 2 is 1.39 bits per heavy atom. The van der Waals surface area contributed by atoms with Crippen LogP contribution in [0.5, 0.6) is 11.5 Å². The molecule has 4 unspecified atom stereocenters. The molecule has 2 heterocycles.